The number of ether oxygens (including phenoxy) is 3. The van der Waals surface area contributed by atoms with Crippen molar-refractivity contribution in [3.63, 3.8) is 0 Å². The molecule has 1 amide bonds. The summed E-state index contributed by atoms with van der Waals surface area (Å²) in [5.41, 5.74) is 0.138. The van der Waals surface area contributed by atoms with E-state index in [1.54, 1.807) is 13.0 Å². The molecule has 31 heavy (non-hydrogen) atoms. The molecule has 4 rings (SSSR count). The first-order chi connectivity index (χ1) is 15.0. The van der Waals surface area contributed by atoms with Gasteiger partial charge in [-0.2, -0.15) is 0 Å². The smallest absolute Gasteiger partial charge is 0.331 e. The third-order valence-electron chi connectivity index (χ3n) is 6.86. The van der Waals surface area contributed by atoms with Crippen LogP contribution in [0.1, 0.15) is 63.4 Å². The van der Waals surface area contributed by atoms with Gasteiger partial charge in [0, 0.05) is 6.54 Å². The molecular weight excluding hydrogens is 398 g/mol. The number of hydrogen-bond acceptors (Lipinski definition) is 7. The lowest BCUT2D eigenvalue weighted by molar-refractivity contribution is -0.151. The van der Waals surface area contributed by atoms with E-state index in [4.69, 9.17) is 14.2 Å². The predicted octanol–water partition coefficient (Wildman–Crippen LogP) is 2.70. The second kappa shape index (κ2) is 8.65. The van der Waals surface area contributed by atoms with Crippen molar-refractivity contribution in [3.05, 3.63) is 17.8 Å². The molecule has 2 aliphatic heterocycles. The van der Waals surface area contributed by atoms with Crippen LogP contribution < -0.4 is 15.0 Å². The van der Waals surface area contributed by atoms with Crippen molar-refractivity contribution >= 4 is 17.6 Å². The van der Waals surface area contributed by atoms with Crippen LogP contribution in [0.25, 0.3) is 0 Å². The molecule has 0 atom stereocenters. The average molecular weight is 432 g/mol. The van der Waals surface area contributed by atoms with Gasteiger partial charge in [-0.25, -0.2) is 9.78 Å². The maximum atomic E-state index is 13.1. The molecule has 8 nitrogen and oxygen atoms in total. The van der Waals surface area contributed by atoms with Crippen molar-refractivity contribution < 1.29 is 23.8 Å². The van der Waals surface area contributed by atoms with Crippen LogP contribution in [0.2, 0.25) is 0 Å². The van der Waals surface area contributed by atoms with E-state index in [9.17, 15) is 9.59 Å². The molecule has 3 heterocycles. The Balaban J connectivity index is 1.56. The van der Waals surface area contributed by atoms with Gasteiger partial charge < -0.3 is 24.4 Å². The first kappa shape index (κ1) is 21.9. The fraction of sp³-hybridized carbons (Fsp3) is 0.696. The number of aromatic nitrogens is 1. The largest absolute Gasteiger partial charge is 0.476 e. The Labute approximate surface area is 183 Å². The quantitative estimate of drug-likeness (QED) is 0.570. The number of hydrogen-bond donors (Lipinski definition) is 1. The molecule has 0 radical (unpaired) electrons. The first-order valence-corrected chi connectivity index (χ1v) is 11.5. The maximum absolute atomic E-state index is 13.1. The molecule has 0 aromatic carbocycles. The van der Waals surface area contributed by atoms with Crippen LogP contribution in [0.15, 0.2) is 12.1 Å². The average Bonchev–Trinajstić information content (AvgIpc) is 3.54. The number of anilines is 1. The second-order valence-electron chi connectivity index (χ2n) is 8.86. The molecule has 170 valence electrons. The Bertz CT molecular complexity index is 825. The van der Waals surface area contributed by atoms with Crippen molar-refractivity contribution in [2.45, 2.75) is 64.0 Å². The Morgan fingerprint density at radius 3 is 2.52 bits per heavy atom. The third kappa shape index (κ3) is 4.10. The van der Waals surface area contributed by atoms with Crippen LogP contribution in [-0.2, 0) is 14.3 Å². The summed E-state index contributed by atoms with van der Waals surface area (Å²) in [4.78, 5) is 32.5. The van der Waals surface area contributed by atoms with Crippen molar-refractivity contribution in [2.24, 2.45) is 5.92 Å². The van der Waals surface area contributed by atoms with Crippen LogP contribution in [-0.4, -0.2) is 60.9 Å². The second-order valence-corrected chi connectivity index (χ2v) is 8.86. The number of nitrogens with one attached hydrogen (secondary N) is 1. The van der Waals surface area contributed by atoms with Crippen LogP contribution >= 0.6 is 0 Å². The summed E-state index contributed by atoms with van der Waals surface area (Å²) in [6.45, 7) is 8.72. The molecule has 0 bridgehead atoms. The Morgan fingerprint density at radius 1 is 1.26 bits per heavy atom. The highest BCUT2D eigenvalue weighted by Crippen LogP contribution is 2.44. The van der Waals surface area contributed by atoms with E-state index in [-0.39, 0.29) is 17.8 Å². The summed E-state index contributed by atoms with van der Waals surface area (Å²) >= 11 is 0. The van der Waals surface area contributed by atoms with Gasteiger partial charge in [0.2, 0.25) is 5.88 Å². The van der Waals surface area contributed by atoms with Crippen LogP contribution in [0.4, 0.5) is 5.69 Å². The van der Waals surface area contributed by atoms with Gasteiger partial charge in [-0.05, 0) is 57.1 Å². The minimum atomic E-state index is -1.06. The topological polar surface area (TPSA) is 90.0 Å². The zero-order valence-electron chi connectivity index (χ0n) is 18.7. The highest BCUT2D eigenvalue weighted by molar-refractivity contribution is 5.97. The molecular formula is C23H33N3O5. The van der Waals surface area contributed by atoms with Gasteiger partial charge in [0.25, 0.3) is 5.91 Å². The Hall–Kier alpha value is -2.35. The number of amides is 1. The molecule has 3 aliphatic rings. The summed E-state index contributed by atoms with van der Waals surface area (Å²) in [7, 11) is 0. The number of nitrogens with zero attached hydrogens (tertiary/aromatic N) is 2. The van der Waals surface area contributed by atoms with Crippen LogP contribution in [0, 0.1) is 5.92 Å². The van der Waals surface area contributed by atoms with Gasteiger partial charge in [-0.15, -0.1) is 0 Å². The van der Waals surface area contributed by atoms with Crippen molar-refractivity contribution in [2.75, 3.05) is 37.9 Å². The van der Waals surface area contributed by atoms with E-state index in [1.807, 2.05) is 19.9 Å². The lowest BCUT2D eigenvalue weighted by Gasteiger charge is -2.58. The Morgan fingerprint density at radius 2 is 2.00 bits per heavy atom. The van der Waals surface area contributed by atoms with Gasteiger partial charge in [0.1, 0.15) is 16.9 Å². The zero-order valence-corrected chi connectivity index (χ0v) is 18.7. The van der Waals surface area contributed by atoms with E-state index in [1.165, 1.54) is 12.8 Å². The molecule has 1 N–H and O–H groups in total. The van der Waals surface area contributed by atoms with E-state index in [0.717, 1.165) is 18.7 Å². The van der Waals surface area contributed by atoms with Crippen molar-refractivity contribution in [1.82, 2.24) is 10.3 Å². The highest BCUT2D eigenvalue weighted by atomic mass is 16.5. The number of pyridine rings is 1. The summed E-state index contributed by atoms with van der Waals surface area (Å²) in [6.07, 6.45) is 4.31. The summed E-state index contributed by atoms with van der Waals surface area (Å²) < 4.78 is 16.7. The molecule has 8 heteroatoms. The van der Waals surface area contributed by atoms with Gasteiger partial charge in [0.15, 0.2) is 0 Å². The molecule has 1 spiro atoms. The minimum Gasteiger partial charge on any atom is -0.476 e. The predicted molar refractivity (Wildman–Crippen MR) is 115 cm³/mol. The third-order valence-corrected chi connectivity index (χ3v) is 6.86. The number of carbonyl (C=O) groups excluding carboxylic acids is 2. The van der Waals surface area contributed by atoms with Crippen LogP contribution in [0.3, 0.4) is 0 Å². The number of esters is 1. The van der Waals surface area contributed by atoms with Gasteiger partial charge in [-0.3, -0.25) is 4.79 Å². The minimum absolute atomic E-state index is 0.0482. The molecule has 2 saturated heterocycles. The molecule has 1 saturated carbocycles. The lowest BCUT2D eigenvalue weighted by Crippen LogP contribution is -2.71. The molecule has 0 unspecified atom stereocenters. The summed E-state index contributed by atoms with van der Waals surface area (Å²) in [5, 5.41) is 2.89. The van der Waals surface area contributed by atoms with E-state index < -0.39 is 17.4 Å². The van der Waals surface area contributed by atoms with Gasteiger partial charge >= 0.3 is 5.97 Å². The SMILES string of the molecule is CCOC(=O)C(CC)(CC)NC(=O)c1ccc(N2CCC23COC3)c(OCC2CC2)n1. The highest BCUT2D eigenvalue weighted by Gasteiger charge is 2.52. The summed E-state index contributed by atoms with van der Waals surface area (Å²) in [6, 6.07) is 3.62. The fourth-order valence-electron chi connectivity index (χ4n) is 4.22. The first-order valence-electron chi connectivity index (χ1n) is 11.5. The normalized spacial score (nSPS) is 19.4. The lowest BCUT2D eigenvalue weighted by atomic mass is 9.82. The maximum Gasteiger partial charge on any atom is 0.331 e. The van der Waals surface area contributed by atoms with E-state index in [2.05, 4.69) is 15.2 Å². The van der Waals surface area contributed by atoms with Crippen LogP contribution in [0.5, 0.6) is 5.88 Å². The fourth-order valence-corrected chi connectivity index (χ4v) is 4.22. The molecule has 1 aromatic heterocycles. The zero-order chi connectivity index (χ0) is 22.1. The van der Waals surface area contributed by atoms with E-state index >= 15 is 0 Å². The molecule has 1 aliphatic carbocycles. The standard InChI is InChI=1S/C23H33N3O5/c1-4-23(5-2,21(28)30-6-3)25-19(27)17-9-10-18(20(24-17)31-13-16-7-8-16)26-12-11-22(26)14-29-15-22/h9-10,16H,4-8,11-15H2,1-3H3,(H,25,27). The Kier molecular flexibility index (Phi) is 6.10. The van der Waals surface area contributed by atoms with E-state index in [0.29, 0.717) is 44.5 Å². The molecule has 3 fully saturated rings. The van der Waals surface area contributed by atoms with Crippen molar-refractivity contribution in [1.29, 1.82) is 0 Å². The molecule has 1 aromatic rings. The number of rotatable bonds is 10. The number of carbonyl (C=O) groups is 2. The van der Waals surface area contributed by atoms with Gasteiger partial charge in [-0.1, -0.05) is 13.8 Å². The van der Waals surface area contributed by atoms with Gasteiger partial charge in [0.05, 0.1) is 32.0 Å². The van der Waals surface area contributed by atoms with Crippen molar-refractivity contribution in [3.8, 4) is 5.88 Å². The monoisotopic (exact) mass is 431 g/mol. The summed E-state index contributed by atoms with van der Waals surface area (Å²) in [5.74, 6) is 0.244.